The molecule has 86 valence electrons. The molecule has 16 heavy (non-hydrogen) atoms. The van der Waals surface area contributed by atoms with Crippen molar-refractivity contribution in [3.63, 3.8) is 0 Å². The number of nitriles is 1. The third-order valence-electron chi connectivity index (χ3n) is 1.77. The van der Waals surface area contributed by atoms with E-state index in [4.69, 9.17) is 21.6 Å². The minimum Gasteiger partial charge on any atom is -0.495 e. The van der Waals surface area contributed by atoms with Crippen molar-refractivity contribution >= 4 is 27.3 Å². The molecule has 1 aromatic carbocycles. The van der Waals surface area contributed by atoms with Crippen molar-refractivity contribution in [3.8, 4) is 11.8 Å². The summed E-state index contributed by atoms with van der Waals surface area (Å²) in [6, 6.07) is 6.49. The Labute approximate surface area is 98.6 Å². The Morgan fingerprint density at radius 2 is 2.25 bits per heavy atom. The molecule has 0 radical (unpaired) electrons. The van der Waals surface area contributed by atoms with Crippen LogP contribution in [0.25, 0.3) is 0 Å². The van der Waals surface area contributed by atoms with Gasteiger partial charge in [-0.1, -0.05) is 6.07 Å². The number of alkyl halides is 1. The van der Waals surface area contributed by atoms with E-state index in [1.807, 2.05) is 6.07 Å². The maximum absolute atomic E-state index is 11.3. The first kappa shape index (κ1) is 12.6. The molecular weight excluding hydrogens is 252 g/mol. The van der Waals surface area contributed by atoms with Crippen molar-refractivity contribution in [2.75, 3.05) is 17.0 Å². The van der Waals surface area contributed by atoms with Crippen LogP contribution >= 0.6 is 11.6 Å². The Morgan fingerprint density at radius 3 is 2.75 bits per heavy atom. The Kier molecular flexibility index (Phi) is 3.99. The van der Waals surface area contributed by atoms with Crippen LogP contribution in [0.15, 0.2) is 18.2 Å². The van der Waals surface area contributed by atoms with Gasteiger partial charge in [-0.3, -0.25) is 4.72 Å². The molecule has 0 unspecified atom stereocenters. The molecule has 0 saturated heterocycles. The Balaban J connectivity index is 3.26. The molecule has 7 heteroatoms. The number of sulfonamides is 1. The third-order valence-corrected chi connectivity index (χ3v) is 3.43. The highest BCUT2D eigenvalue weighted by molar-refractivity contribution is 7.93. The van der Waals surface area contributed by atoms with Crippen LogP contribution in [-0.2, 0) is 10.0 Å². The minimum atomic E-state index is -3.65. The minimum absolute atomic E-state index is 0.105. The average molecular weight is 261 g/mol. The van der Waals surface area contributed by atoms with Crippen LogP contribution in [-0.4, -0.2) is 20.7 Å². The van der Waals surface area contributed by atoms with Crippen molar-refractivity contribution in [2.45, 2.75) is 0 Å². The van der Waals surface area contributed by atoms with Gasteiger partial charge >= 0.3 is 0 Å². The number of ether oxygens (including phenoxy) is 1. The Bertz CT molecular complexity index is 522. The molecule has 1 aromatic rings. The number of hydrogen-bond acceptors (Lipinski definition) is 4. The van der Waals surface area contributed by atoms with E-state index in [1.54, 1.807) is 12.1 Å². The maximum Gasteiger partial charge on any atom is 0.246 e. The van der Waals surface area contributed by atoms with Crippen molar-refractivity contribution < 1.29 is 13.2 Å². The van der Waals surface area contributed by atoms with E-state index in [0.29, 0.717) is 0 Å². The summed E-state index contributed by atoms with van der Waals surface area (Å²) in [6.07, 6.45) is 0. The number of anilines is 1. The second-order valence-corrected chi connectivity index (χ2v) is 5.13. The molecule has 0 fully saturated rings. The predicted octanol–water partition coefficient (Wildman–Crippen LogP) is 1.50. The van der Waals surface area contributed by atoms with Crippen LogP contribution in [0, 0.1) is 11.3 Å². The highest BCUT2D eigenvalue weighted by Gasteiger charge is 2.15. The summed E-state index contributed by atoms with van der Waals surface area (Å²) >= 11 is 5.26. The van der Waals surface area contributed by atoms with Gasteiger partial charge in [0.15, 0.2) is 0 Å². The van der Waals surface area contributed by atoms with Crippen LogP contribution in [0.5, 0.6) is 5.75 Å². The highest BCUT2D eigenvalue weighted by atomic mass is 35.5. The van der Waals surface area contributed by atoms with E-state index in [0.717, 1.165) is 0 Å². The van der Waals surface area contributed by atoms with Crippen LogP contribution in [0.3, 0.4) is 0 Å². The fourth-order valence-corrected chi connectivity index (χ4v) is 1.82. The van der Waals surface area contributed by atoms with Gasteiger partial charge in [-0.15, -0.1) is 11.6 Å². The normalized spacial score (nSPS) is 10.6. The molecule has 0 saturated carbocycles. The zero-order valence-electron chi connectivity index (χ0n) is 8.40. The van der Waals surface area contributed by atoms with Crippen LogP contribution < -0.4 is 9.46 Å². The molecular formula is C9H9ClN2O3S. The molecule has 0 aliphatic heterocycles. The molecule has 0 amide bonds. The molecule has 0 aromatic heterocycles. The highest BCUT2D eigenvalue weighted by Crippen LogP contribution is 2.28. The van der Waals surface area contributed by atoms with Crippen molar-refractivity contribution in [1.29, 1.82) is 5.26 Å². The number of benzene rings is 1. The number of hydrogen-bond donors (Lipinski definition) is 1. The molecule has 0 bridgehead atoms. The summed E-state index contributed by atoms with van der Waals surface area (Å²) < 4.78 is 29.8. The number of nitrogens with one attached hydrogen (secondary N) is 1. The lowest BCUT2D eigenvalue weighted by Crippen LogP contribution is -2.15. The van der Waals surface area contributed by atoms with Gasteiger partial charge in [0, 0.05) is 0 Å². The quantitative estimate of drug-likeness (QED) is 0.832. The summed E-state index contributed by atoms with van der Waals surface area (Å²) in [5.74, 6) is 0.271. The molecule has 0 atom stereocenters. The van der Waals surface area contributed by atoms with Gasteiger partial charge in [-0.05, 0) is 12.1 Å². The number of methoxy groups -OCH3 is 1. The van der Waals surface area contributed by atoms with E-state index in [2.05, 4.69) is 4.72 Å². The van der Waals surface area contributed by atoms with Crippen LogP contribution in [0.1, 0.15) is 5.56 Å². The van der Waals surface area contributed by atoms with E-state index >= 15 is 0 Å². The zero-order valence-corrected chi connectivity index (χ0v) is 9.97. The Hall–Kier alpha value is -1.45. The smallest absolute Gasteiger partial charge is 0.246 e. The van der Waals surface area contributed by atoms with Gasteiger partial charge in [0.25, 0.3) is 0 Å². The first-order valence-corrected chi connectivity index (χ1v) is 6.36. The largest absolute Gasteiger partial charge is 0.495 e. The van der Waals surface area contributed by atoms with E-state index in [1.165, 1.54) is 13.2 Å². The fourth-order valence-electron chi connectivity index (χ4n) is 1.08. The second-order valence-electron chi connectivity index (χ2n) is 2.82. The van der Waals surface area contributed by atoms with Crippen molar-refractivity contribution in [2.24, 2.45) is 0 Å². The molecule has 0 spiro atoms. The Morgan fingerprint density at radius 1 is 1.56 bits per heavy atom. The van der Waals surface area contributed by atoms with E-state index in [9.17, 15) is 8.42 Å². The van der Waals surface area contributed by atoms with Crippen molar-refractivity contribution in [1.82, 2.24) is 0 Å². The van der Waals surface area contributed by atoms with E-state index in [-0.39, 0.29) is 17.0 Å². The standard InChI is InChI=1S/C9H9ClN2O3S/c1-15-8-4-2-3-7(5-11)9(8)12-16(13,14)6-10/h2-4,12H,6H2,1H3. The monoisotopic (exact) mass is 260 g/mol. The number of nitrogens with zero attached hydrogens (tertiary/aromatic N) is 1. The fraction of sp³-hybridized carbons (Fsp3) is 0.222. The number of halogens is 1. The SMILES string of the molecule is COc1cccc(C#N)c1NS(=O)(=O)CCl. The zero-order chi connectivity index (χ0) is 12.2. The summed E-state index contributed by atoms with van der Waals surface area (Å²) in [5, 5.41) is 8.25. The lowest BCUT2D eigenvalue weighted by Gasteiger charge is -2.11. The van der Waals surface area contributed by atoms with Gasteiger partial charge in [0.1, 0.15) is 22.7 Å². The summed E-state index contributed by atoms with van der Waals surface area (Å²) in [7, 11) is -2.27. The molecule has 0 aliphatic rings. The number of rotatable bonds is 4. The maximum atomic E-state index is 11.3. The van der Waals surface area contributed by atoms with Gasteiger partial charge in [-0.2, -0.15) is 5.26 Å². The van der Waals surface area contributed by atoms with Gasteiger partial charge < -0.3 is 4.74 Å². The van der Waals surface area contributed by atoms with Gasteiger partial charge in [-0.25, -0.2) is 8.42 Å². The van der Waals surface area contributed by atoms with Gasteiger partial charge in [0.2, 0.25) is 10.0 Å². The topological polar surface area (TPSA) is 79.2 Å². The van der Waals surface area contributed by atoms with Gasteiger partial charge in [0.05, 0.1) is 12.7 Å². The van der Waals surface area contributed by atoms with Crippen LogP contribution in [0.2, 0.25) is 0 Å². The average Bonchev–Trinajstić information content (AvgIpc) is 2.29. The lowest BCUT2D eigenvalue weighted by atomic mass is 10.2. The molecule has 5 nitrogen and oxygen atoms in total. The second kappa shape index (κ2) is 5.05. The van der Waals surface area contributed by atoms with Crippen molar-refractivity contribution in [3.05, 3.63) is 23.8 Å². The summed E-state index contributed by atoms with van der Waals surface area (Å²) in [6.45, 7) is 0. The lowest BCUT2D eigenvalue weighted by molar-refractivity contribution is 0.417. The molecule has 0 heterocycles. The first-order chi connectivity index (χ1) is 7.54. The summed E-state index contributed by atoms with van der Waals surface area (Å²) in [4.78, 5) is 0. The predicted molar refractivity (Wildman–Crippen MR) is 61.0 cm³/mol. The molecule has 0 aliphatic carbocycles. The first-order valence-electron chi connectivity index (χ1n) is 4.17. The third kappa shape index (κ3) is 2.78. The number of para-hydroxylation sites is 1. The molecule has 1 rings (SSSR count). The molecule has 1 N–H and O–H groups in total. The summed E-state index contributed by atoms with van der Waals surface area (Å²) in [5.41, 5.74) is 0.279. The van der Waals surface area contributed by atoms with Crippen LogP contribution in [0.4, 0.5) is 5.69 Å². The van der Waals surface area contributed by atoms with E-state index < -0.39 is 15.2 Å².